The Morgan fingerprint density at radius 1 is 0.841 bits per heavy atom. The molecule has 4 atom stereocenters. The van der Waals surface area contributed by atoms with Gasteiger partial charge in [0.1, 0.15) is 24.0 Å². The molecule has 0 spiro atoms. The van der Waals surface area contributed by atoms with Gasteiger partial charge in [-0.05, 0) is 75.2 Å². The summed E-state index contributed by atoms with van der Waals surface area (Å²) in [7, 11) is -6.92. The lowest BCUT2D eigenvalue weighted by atomic mass is 10.1. The molecule has 1 aliphatic rings. The van der Waals surface area contributed by atoms with Gasteiger partial charge in [-0.1, -0.05) is 62.3 Å². The van der Waals surface area contributed by atoms with E-state index in [0.717, 1.165) is 5.06 Å². The number of hydrogen-bond donors (Lipinski definition) is 2. The van der Waals surface area contributed by atoms with Gasteiger partial charge in [0.15, 0.2) is 37.0 Å². The summed E-state index contributed by atoms with van der Waals surface area (Å²) in [5.74, 6) is -0.0598. The number of nitrogen functional groups attached to an aromatic ring is 1. The third-order valence-electron chi connectivity index (χ3n) is 10.3. The molecule has 1 aliphatic heterocycles. The van der Waals surface area contributed by atoms with E-state index in [1.54, 1.807) is 0 Å². The van der Waals surface area contributed by atoms with E-state index in [-0.39, 0.29) is 26.6 Å². The first-order chi connectivity index (χ1) is 19.3. The zero-order valence-corrected chi connectivity index (χ0v) is 34.0. The molecule has 2 heterocycles. The molecule has 256 valence electrons. The molecular formula is C31H64N4O6Si3. The Kier molecular flexibility index (Phi) is 11.1. The molecular weight excluding hydrogens is 609 g/mol. The van der Waals surface area contributed by atoms with Gasteiger partial charge in [-0.25, -0.2) is 9.86 Å². The molecule has 1 aromatic heterocycles. The lowest BCUT2D eigenvalue weighted by molar-refractivity contribution is -0.0509. The van der Waals surface area contributed by atoms with Crippen molar-refractivity contribution in [2.24, 2.45) is 0 Å². The van der Waals surface area contributed by atoms with E-state index in [4.69, 9.17) is 23.7 Å². The Hall–Kier alpha value is -1.07. The van der Waals surface area contributed by atoms with Crippen molar-refractivity contribution in [1.82, 2.24) is 9.55 Å². The minimum absolute atomic E-state index is 0.00207. The van der Waals surface area contributed by atoms with Gasteiger partial charge in [-0.3, -0.25) is 9.77 Å². The lowest BCUT2D eigenvalue weighted by Crippen LogP contribution is -2.54. The number of anilines is 2. The first-order valence-corrected chi connectivity index (χ1v) is 24.6. The van der Waals surface area contributed by atoms with Crippen molar-refractivity contribution in [3.05, 3.63) is 16.7 Å². The van der Waals surface area contributed by atoms with Gasteiger partial charge in [0, 0.05) is 6.20 Å². The summed E-state index contributed by atoms with van der Waals surface area (Å²) in [6.45, 7) is 38.9. The number of ether oxygens (including phenoxy) is 1. The van der Waals surface area contributed by atoms with Crippen LogP contribution in [0, 0.1) is 0 Å². The molecule has 44 heavy (non-hydrogen) atoms. The van der Waals surface area contributed by atoms with Gasteiger partial charge in [-0.15, -0.1) is 0 Å². The number of hydrogen-bond acceptors (Lipinski definition) is 9. The average molecular weight is 673 g/mol. The number of rotatable bonds is 9. The van der Waals surface area contributed by atoms with Crippen LogP contribution in [-0.4, -0.2) is 70.2 Å². The fraction of sp³-hybridized carbons (Fsp3) is 0.871. The number of nitrogens with two attached hydrogens (primary N) is 1. The molecule has 1 aromatic rings. The van der Waals surface area contributed by atoms with Crippen LogP contribution in [0.15, 0.2) is 11.0 Å². The Morgan fingerprint density at radius 2 is 1.27 bits per heavy atom. The van der Waals surface area contributed by atoms with Crippen LogP contribution in [0.2, 0.25) is 54.4 Å². The predicted octanol–water partition coefficient (Wildman–Crippen LogP) is 7.52. The fourth-order valence-electron chi connectivity index (χ4n) is 4.05. The minimum Gasteiger partial charge on any atom is -0.414 e. The number of nitrogens with zero attached hydrogens (tertiary/aromatic N) is 3. The molecule has 0 aliphatic carbocycles. The zero-order chi connectivity index (χ0) is 34.6. The molecule has 0 amide bonds. The maximum atomic E-state index is 13.6. The van der Waals surface area contributed by atoms with Gasteiger partial charge in [-0.2, -0.15) is 4.98 Å². The topological polar surface area (TPSA) is 121 Å². The molecule has 1 fully saturated rings. The van der Waals surface area contributed by atoms with Crippen LogP contribution in [0.3, 0.4) is 0 Å². The Labute approximate surface area is 270 Å². The molecule has 0 saturated carbocycles. The van der Waals surface area contributed by atoms with Crippen molar-refractivity contribution in [2.75, 3.05) is 17.4 Å². The lowest BCUT2D eigenvalue weighted by Gasteiger charge is -2.44. The normalized spacial score (nSPS) is 22.9. The van der Waals surface area contributed by atoms with E-state index >= 15 is 0 Å². The van der Waals surface area contributed by atoms with Gasteiger partial charge >= 0.3 is 5.69 Å². The van der Waals surface area contributed by atoms with Crippen molar-refractivity contribution >= 4 is 36.5 Å². The van der Waals surface area contributed by atoms with Crippen LogP contribution in [0.1, 0.15) is 89.3 Å². The second-order valence-corrected chi connectivity index (χ2v) is 32.3. The third-order valence-corrected chi connectivity index (χ3v) is 23.7. The third kappa shape index (κ3) is 8.44. The smallest absolute Gasteiger partial charge is 0.351 e. The molecule has 0 radical (unpaired) electrons. The monoisotopic (exact) mass is 672 g/mol. The molecule has 1 saturated heterocycles. The first kappa shape index (κ1) is 39.1. The second-order valence-electron chi connectivity index (χ2n) is 18.0. The maximum absolute atomic E-state index is 13.6. The van der Waals surface area contributed by atoms with Crippen molar-refractivity contribution < 1.29 is 23.2 Å². The van der Waals surface area contributed by atoms with Crippen LogP contribution >= 0.6 is 0 Å². The van der Waals surface area contributed by atoms with Crippen LogP contribution in [0.5, 0.6) is 0 Å². The van der Waals surface area contributed by atoms with Gasteiger partial charge in [0.25, 0.3) is 0 Å². The summed E-state index contributed by atoms with van der Waals surface area (Å²) in [6.07, 6.45) is -0.974. The first-order valence-electron chi connectivity index (χ1n) is 15.9. The van der Waals surface area contributed by atoms with Gasteiger partial charge in [0.2, 0.25) is 0 Å². The summed E-state index contributed by atoms with van der Waals surface area (Å²) in [6, 6.07) is 0. The van der Waals surface area contributed by atoms with E-state index in [9.17, 15) is 10.0 Å². The Morgan fingerprint density at radius 3 is 1.68 bits per heavy atom. The second kappa shape index (κ2) is 12.5. The van der Waals surface area contributed by atoms with E-state index in [1.165, 1.54) is 10.8 Å². The summed E-state index contributed by atoms with van der Waals surface area (Å²) in [5, 5.41) is 11.9. The van der Waals surface area contributed by atoms with Crippen molar-refractivity contribution in [3.8, 4) is 0 Å². The quantitative estimate of drug-likeness (QED) is 0.203. The predicted molar refractivity (Wildman–Crippen MR) is 188 cm³/mol. The Bertz CT molecular complexity index is 1210. The molecule has 10 nitrogen and oxygen atoms in total. The number of hydroxylamine groups is 1. The number of aromatic nitrogens is 2. The molecule has 13 heteroatoms. The molecule has 0 aromatic carbocycles. The molecule has 2 rings (SSSR count). The van der Waals surface area contributed by atoms with E-state index in [0.29, 0.717) is 6.61 Å². The highest BCUT2D eigenvalue weighted by atomic mass is 28.4. The van der Waals surface area contributed by atoms with Crippen molar-refractivity contribution in [2.45, 2.75) is 168 Å². The minimum atomic E-state index is -2.42. The molecule has 0 bridgehead atoms. The van der Waals surface area contributed by atoms with Crippen molar-refractivity contribution in [1.29, 1.82) is 0 Å². The summed E-state index contributed by atoms with van der Waals surface area (Å²) >= 11 is 0. The van der Waals surface area contributed by atoms with E-state index < -0.39 is 60.7 Å². The van der Waals surface area contributed by atoms with Gasteiger partial charge in [0.05, 0.1) is 12.1 Å². The Balaban J connectivity index is 2.81. The molecule has 0 unspecified atom stereocenters. The highest BCUT2D eigenvalue weighted by Gasteiger charge is 2.55. The van der Waals surface area contributed by atoms with Crippen LogP contribution in [0.4, 0.5) is 11.5 Å². The summed E-state index contributed by atoms with van der Waals surface area (Å²) in [4.78, 5) is 17.7. The zero-order valence-electron chi connectivity index (χ0n) is 31.0. The van der Waals surface area contributed by atoms with E-state index in [2.05, 4.69) is 107 Å². The standard InChI is InChI=1S/C31H64N4O6Si3/c1-28(2,3)35(37)21-19-34(27(36)33-25(21)32)26-24(41-44(17,18)31(10,11)12)23(40-43(15,16)30(7,8)9)22(39-26)20-38-42(13,14)29(4,5)6/h19,22-24,26,37H,20H2,1-18H3,(H2,32,33,36)/t22-,23-,24-,26-/m1/s1. The maximum Gasteiger partial charge on any atom is 0.351 e. The SMILES string of the molecule is CC(C)(C)N(O)c1cn([C@@H]2O[C@H](CO[Si](C)(C)C(C)(C)C)[C@@H](O[Si](C)(C)C(C)(C)C)[C@H]2O[Si](C)(C)C(C)(C)C)c(=O)nc1N. The molecule has 3 N–H and O–H groups in total. The van der Waals surface area contributed by atoms with Gasteiger partial charge < -0.3 is 23.7 Å². The average Bonchev–Trinajstić information content (AvgIpc) is 3.10. The van der Waals surface area contributed by atoms with E-state index in [1.807, 2.05) is 20.8 Å². The van der Waals surface area contributed by atoms with Crippen LogP contribution < -0.4 is 16.5 Å². The van der Waals surface area contributed by atoms with Crippen LogP contribution in [-0.2, 0) is 18.0 Å². The fourth-order valence-corrected chi connectivity index (χ4v) is 7.67. The van der Waals surface area contributed by atoms with Crippen molar-refractivity contribution in [3.63, 3.8) is 0 Å². The summed E-state index contributed by atoms with van der Waals surface area (Å²) < 4.78 is 29.3. The largest absolute Gasteiger partial charge is 0.414 e. The van der Waals surface area contributed by atoms with Crippen LogP contribution in [0.25, 0.3) is 0 Å². The summed E-state index contributed by atoms with van der Waals surface area (Å²) in [5.41, 5.74) is 5.11. The highest BCUT2D eigenvalue weighted by Crippen LogP contribution is 2.46. The highest BCUT2D eigenvalue weighted by molar-refractivity contribution is 6.75.